The van der Waals surface area contributed by atoms with E-state index in [0.717, 1.165) is 18.5 Å². The highest BCUT2D eigenvalue weighted by atomic mass is 16.6. The molecule has 0 radical (unpaired) electrons. The van der Waals surface area contributed by atoms with E-state index in [1.807, 2.05) is 7.05 Å². The average Bonchev–Trinajstić information content (AvgIpc) is 2.45. The maximum Gasteiger partial charge on any atom is 0.270 e. The summed E-state index contributed by atoms with van der Waals surface area (Å²) in [5.74, 6) is 0.689. The van der Waals surface area contributed by atoms with Crippen molar-refractivity contribution in [2.45, 2.75) is 38.6 Å². The van der Waals surface area contributed by atoms with Crippen LogP contribution in [0, 0.1) is 16.0 Å². The molecule has 0 bridgehead atoms. The summed E-state index contributed by atoms with van der Waals surface area (Å²) in [5, 5.41) is 10.8. The van der Waals surface area contributed by atoms with Crippen LogP contribution in [0.15, 0.2) is 18.2 Å². The lowest BCUT2D eigenvalue weighted by atomic mass is 9.86. The molecule has 0 aromatic heterocycles. The maximum absolute atomic E-state index is 11.2. The predicted octanol–water partition coefficient (Wildman–Crippen LogP) is 3.42. The van der Waals surface area contributed by atoms with E-state index < -0.39 is 4.92 Å². The van der Waals surface area contributed by atoms with Crippen molar-refractivity contribution >= 4 is 17.7 Å². The predicted molar refractivity (Wildman–Crippen MR) is 78.3 cm³/mol. The third-order valence-electron chi connectivity index (χ3n) is 4.19. The molecule has 2 atom stereocenters. The van der Waals surface area contributed by atoms with Crippen LogP contribution in [0.5, 0.6) is 0 Å². The molecule has 5 heteroatoms. The van der Waals surface area contributed by atoms with Crippen LogP contribution in [-0.2, 0) is 0 Å². The lowest BCUT2D eigenvalue weighted by molar-refractivity contribution is -0.384. The molecule has 0 spiro atoms. The third-order valence-corrected chi connectivity index (χ3v) is 4.19. The molecule has 1 aliphatic carbocycles. The van der Waals surface area contributed by atoms with Gasteiger partial charge in [-0.25, -0.2) is 0 Å². The molecule has 0 saturated heterocycles. The van der Waals surface area contributed by atoms with Gasteiger partial charge < -0.3 is 4.90 Å². The number of benzene rings is 1. The molecule has 1 fully saturated rings. The molecule has 1 aromatic carbocycles. The highest BCUT2D eigenvalue weighted by molar-refractivity contribution is 5.86. The highest BCUT2D eigenvalue weighted by Gasteiger charge is 2.24. The number of rotatable bonds is 4. The standard InChI is InChI=1S/C15H20N2O3/c1-11-4-3-5-13(8-11)16(2)15-7-6-14(17(19)20)9-12(15)10-18/h6-7,9-11,13H,3-5,8H2,1-2H3. The van der Waals surface area contributed by atoms with Crippen molar-refractivity contribution in [3.05, 3.63) is 33.9 Å². The topological polar surface area (TPSA) is 63.4 Å². The number of nitro groups is 1. The normalized spacial score (nSPS) is 22.3. The molecule has 0 N–H and O–H groups in total. The van der Waals surface area contributed by atoms with Gasteiger partial charge in [0.05, 0.1) is 4.92 Å². The van der Waals surface area contributed by atoms with Crippen molar-refractivity contribution in [3.8, 4) is 0 Å². The van der Waals surface area contributed by atoms with Crippen molar-refractivity contribution in [2.75, 3.05) is 11.9 Å². The van der Waals surface area contributed by atoms with Gasteiger partial charge in [0.1, 0.15) is 0 Å². The third kappa shape index (κ3) is 2.98. The Labute approximate surface area is 118 Å². The Kier molecular flexibility index (Phi) is 4.37. The van der Waals surface area contributed by atoms with Crippen LogP contribution in [-0.4, -0.2) is 24.3 Å². The SMILES string of the molecule is CC1CCCC(N(C)c2ccc([N+](=O)[O-])cc2C=O)C1. The number of aldehydes is 1. The fraction of sp³-hybridized carbons (Fsp3) is 0.533. The minimum atomic E-state index is -0.473. The number of anilines is 1. The molecule has 2 unspecified atom stereocenters. The van der Waals surface area contributed by atoms with E-state index in [0.29, 0.717) is 23.8 Å². The molecule has 0 heterocycles. The van der Waals surface area contributed by atoms with Gasteiger partial charge in [0.25, 0.3) is 5.69 Å². The van der Waals surface area contributed by atoms with Gasteiger partial charge in [-0.2, -0.15) is 0 Å². The number of carbonyl (C=O) groups excluding carboxylic acids is 1. The van der Waals surface area contributed by atoms with Gasteiger partial charge in [-0.05, 0) is 24.8 Å². The Morgan fingerprint density at radius 3 is 2.75 bits per heavy atom. The Balaban J connectivity index is 2.26. The van der Waals surface area contributed by atoms with Crippen LogP contribution in [0.2, 0.25) is 0 Å². The minimum absolute atomic E-state index is 0.0405. The van der Waals surface area contributed by atoms with Gasteiger partial charge in [0.2, 0.25) is 0 Å². The highest BCUT2D eigenvalue weighted by Crippen LogP contribution is 2.32. The molecule has 5 nitrogen and oxygen atoms in total. The fourth-order valence-electron chi connectivity index (χ4n) is 3.02. The molecule has 1 aliphatic rings. The van der Waals surface area contributed by atoms with E-state index >= 15 is 0 Å². The van der Waals surface area contributed by atoms with Gasteiger partial charge in [-0.3, -0.25) is 14.9 Å². The summed E-state index contributed by atoms with van der Waals surface area (Å²) < 4.78 is 0. The van der Waals surface area contributed by atoms with Crippen LogP contribution in [0.1, 0.15) is 43.0 Å². The average molecular weight is 276 g/mol. The van der Waals surface area contributed by atoms with E-state index in [1.165, 1.54) is 25.0 Å². The van der Waals surface area contributed by atoms with Crippen LogP contribution < -0.4 is 4.90 Å². The van der Waals surface area contributed by atoms with Gasteiger partial charge in [-0.15, -0.1) is 0 Å². The van der Waals surface area contributed by atoms with Crippen molar-refractivity contribution in [1.29, 1.82) is 0 Å². The Morgan fingerprint density at radius 1 is 1.40 bits per heavy atom. The summed E-state index contributed by atoms with van der Waals surface area (Å²) in [6, 6.07) is 4.90. The van der Waals surface area contributed by atoms with E-state index in [4.69, 9.17) is 0 Å². The van der Waals surface area contributed by atoms with Gasteiger partial charge >= 0.3 is 0 Å². The monoisotopic (exact) mass is 276 g/mol. The number of hydrogen-bond acceptors (Lipinski definition) is 4. The zero-order valence-corrected chi connectivity index (χ0v) is 11.9. The number of nitro benzene ring substituents is 1. The molecule has 2 rings (SSSR count). The Hall–Kier alpha value is -1.91. The lowest BCUT2D eigenvalue weighted by Gasteiger charge is -2.36. The Bertz CT molecular complexity index is 516. The number of non-ortho nitro benzene ring substituents is 1. The molecule has 1 saturated carbocycles. The van der Waals surface area contributed by atoms with Crippen LogP contribution in [0.4, 0.5) is 11.4 Å². The molecule has 1 aromatic rings. The first kappa shape index (κ1) is 14.5. The van der Waals surface area contributed by atoms with Crippen LogP contribution >= 0.6 is 0 Å². The summed E-state index contributed by atoms with van der Waals surface area (Å²) in [5.41, 5.74) is 1.13. The zero-order chi connectivity index (χ0) is 14.7. The molecule has 108 valence electrons. The minimum Gasteiger partial charge on any atom is -0.371 e. The largest absolute Gasteiger partial charge is 0.371 e. The van der Waals surface area contributed by atoms with E-state index in [-0.39, 0.29) is 5.69 Å². The van der Waals surface area contributed by atoms with Crippen LogP contribution in [0.25, 0.3) is 0 Å². The molecular weight excluding hydrogens is 256 g/mol. The number of nitrogens with zero attached hydrogens (tertiary/aromatic N) is 2. The maximum atomic E-state index is 11.2. The Morgan fingerprint density at radius 2 is 2.15 bits per heavy atom. The second-order valence-corrected chi connectivity index (χ2v) is 5.65. The van der Waals surface area contributed by atoms with Crippen molar-refractivity contribution in [1.82, 2.24) is 0 Å². The summed E-state index contributed by atoms with van der Waals surface area (Å²) in [4.78, 5) is 23.6. The fourth-order valence-corrected chi connectivity index (χ4v) is 3.02. The first-order valence-corrected chi connectivity index (χ1v) is 6.99. The van der Waals surface area contributed by atoms with Crippen LogP contribution in [0.3, 0.4) is 0 Å². The van der Waals surface area contributed by atoms with Crippen molar-refractivity contribution < 1.29 is 9.72 Å². The molecular formula is C15H20N2O3. The first-order chi connectivity index (χ1) is 9.52. The second-order valence-electron chi connectivity index (χ2n) is 5.65. The summed E-state index contributed by atoms with van der Waals surface area (Å²) in [6.07, 6.45) is 5.36. The van der Waals surface area contributed by atoms with E-state index in [2.05, 4.69) is 11.8 Å². The molecule has 0 amide bonds. The van der Waals surface area contributed by atoms with Gasteiger partial charge in [0.15, 0.2) is 6.29 Å². The summed E-state index contributed by atoms with van der Waals surface area (Å²) in [6.45, 7) is 2.25. The quantitative estimate of drug-likeness (QED) is 0.480. The summed E-state index contributed by atoms with van der Waals surface area (Å²) >= 11 is 0. The molecule has 0 aliphatic heterocycles. The zero-order valence-electron chi connectivity index (χ0n) is 11.9. The number of hydrogen-bond donors (Lipinski definition) is 0. The van der Waals surface area contributed by atoms with E-state index in [1.54, 1.807) is 6.07 Å². The number of carbonyl (C=O) groups is 1. The lowest BCUT2D eigenvalue weighted by Crippen LogP contribution is -2.36. The van der Waals surface area contributed by atoms with Crippen molar-refractivity contribution in [2.24, 2.45) is 5.92 Å². The van der Waals surface area contributed by atoms with Gasteiger partial charge in [-0.1, -0.05) is 19.8 Å². The smallest absolute Gasteiger partial charge is 0.270 e. The second kappa shape index (κ2) is 6.03. The van der Waals surface area contributed by atoms with Crippen molar-refractivity contribution in [3.63, 3.8) is 0 Å². The summed E-state index contributed by atoms with van der Waals surface area (Å²) in [7, 11) is 1.97. The molecule has 20 heavy (non-hydrogen) atoms. The van der Waals surface area contributed by atoms with Gasteiger partial charge in [0, 0.05) is 36.5 Å². The van der Waals surface area contributed by atoms with E-state index in [9.17, 15) is 14.9 Å². The first-order valence-electron chi connectivity index (χ1n) is 6.99.